The van der Waals surface area contributed by atoms with Crippen LogP contribution < -0.4 is 4.74 Å². The normalized spacial score (nSPS) is 10.8. The number of thiophene rings is 1. The van der Waals surface area contributed by atoms with E-state index in [0.29, 0.717) is 27.3 Å². The minimum atomic E-state index is -0.543. The number of hydrogen-bond acceptors (Lipinski definition) is 7. The molecule has 3 rings (SSSR count). The molecule has 0 aliphatic rings. The zero-order chi connectivity index (χ0) is 25.4. The third-order valence-corrected chi connectivity index (χ3v) is 6.35. The molecule has 176 valence electrons. The van der Waals surface area contributed by atoms with Crippen molar-refractivity contribution in [1.29, 1.82) is 10.5 Å². The van der Waals surface area contributed by atoms with Gasteiger partial charge in [0.1, 0.15) is 35.2 Å². The number of rotatable bonds is 9. The molecule has 1 aromatic heterocycles. The number of ether oxygens (including phenoxy) is 2. The predicted molar refractivity (Wildman–Crippen MR) is 129 cm³/mol. The van der Waals surface area contributed by atoms with Gasteiger partial charge in [0.15, 0.2) is 5.78 Å². The van der Waals surface area contributed by atoms with Gasteiger partial charge < -0.3 is 9.47 Å². The van der Waals surface area contributed by atoms with E-state index < -0.39 is 11.8 Å². The first-order valence-corrected chi connectivity index (χ1v) is 11.5. The van der Waals surface area contributed by atoms with Crippen molar-refractivity contribution in [1.82, 2.24) is 0 Å². The molecule has 0 radical (unpaired) electrons. The first-order valence-electron chi connectivity index (χ1n) is 10.7. The van der Waals surface area contributed by atoms with E-state index in [-0.39, 0.29) is 41.5 Å². The van der Waals surface area contributed by atoms with Gasteiger partial charge in [-0.25, -0.2) is 9.18 Å². The Kier molecular flexibility index (Phi) is 8.50. The SMILES string of the molecule is CCOC(=O)c1sc(CC(=O)/C(C#N)=C/c2ccc(OCc3ccccc3F)cc2)c(C#N)c1C. The van der Waals surface area contributed by atoms with Gasteiger partial charge >= 0.3 is 5.97 Å². The lowest BCUT2D eigenvalue weighted by atomic mass is 10.0. The number of halogens is 1. The van der Waals surface area contributed by atoms with Gasteiger partial charge in [0.2, 0.25) is 0 Å². The maximum atomic E-state index is 13.7. The van der Waals surface area contributed by atoms with E-state index in [1.807, 2.05) is 12.1 Å². The number of nitrogens with zero attached hydrogens (tertiary/aromatic N) is 2. The number of esters is 1. The monoisotopic (exact) mass is 488 g/mol. The molecular weight excluding hydrogens is 467 g/mol. The van der Waals surface area contributed by atoms with E-state index >= 15 is 0 Å². The molecule has 1 heterocycles. The maximum absolute atomic E-state index is 13.7. The molecule has 3 aromatic rings. The summed E-state index contributed by atoms with van der Waals surface area (Å²) < 4.78 is 24.3. The summed E-state index contributed by atoms with van der Waals surface area (Å²) >= 11 is 1.03. The molecule has 0 amide bonds. The molecule has 2 aromatic carbocycles. The van der Waals surface area contributed by atoms with Crippen molar-refractivity contribution in [3.63, 3.8) is 0 Å². The highest BCUT2D eigenvalue weighted by Crippen LogP contribution is 2.29. The third kappa shape index (κ3) is 6.20. The highest BCUT2D eigenvalue weighted by atomic mass is 32.1. The van der Waals surface area contributed by atoms with Gasteiger partial charge in [0.25, 0.3) is 0 Å². The van der Waals surface area contributed by atoms with Crippen LogP contribution in [0, 0.1) is 35.4 Å². The number of benzene rings is 2. The van der Waals surface area contributed by atoms with Crippen LogP contribution in [0.25, 0.3) is 6.08 Å². The van der Waals surface area contributed by atoms with Crippen LogP contribution in [0.3, 0.4) is 0 Å². The van der Waals surface area contributed by atoms with Crippen LogP contribution in [-0.4, -0.2) is 18.4 Å². The highest BCUT2D eigenvalue weighted by Gasteiger charge is 2.23. The van der Waals surface area contributed by atoms with E-state index in [1.54, 1.807) is 56.3 Å². The van der Waals surface area contributed by atoms with E-state index in [0.717, 1.165) is 11.3 Å². The van der Waals surface area contributed by atoms with Crippen LogP contribution in [0.4, 0.5) is 4.39 Å². The summed E-state index contributed by atoms with van der Waals surface area (Å²) in [5.41, 5.74) is 1.66. The molecule has 0 bridgehead atoms. The van der Waals surface area contributed by atoms with Crippen LogP contribution in [0.2, 0.25) is 0 Å². The standard InChI is InChI=1S/C27H21FN2O4S/c1-3-33-27(32)26-17(2)22(15-30)25(35-26)13-24(31)20(14-29)12-18-8-10-21(11-9-18)34-16-19-6-4-5-7-23(19)28/h4-12H,3,13,16H2,1-2H3/b20-12+. The Labute approximate surface area is 206 Å². The van der Waals surface area contributed by atoms with Crippen LogP contribution in [-0.2, 0) is 22.6 Å². The summed E-state index contributed by atoms with van der Waals surface area (Å²) in [6.07, 6.45) is 1.26. The number of hydrogen-bond donors (Lipinski definition) is 0. The van der Waals surface area contributed by atoms with Crippen molar-refractivity contribution >= 4 is 29.2 Å². The van der Waals surface area contributed by atoms with Crippen LogP contribution in [0.15, 0.2) is 54.1 Å². The Hall–Kier alpha value is -4.27. The molecular formula is C27H21FN2O4S. The molecule has 0 aliphatic heterocycles. The molecule has 0 unspecified atom stereocenters. The summed E-state index contributed by atoms with van der Waals surface area (Å²) in [5, 5.41) is 19.0. The highest BCUT2D eigenvalue weighted by molar-refractivity contribution is 7.14. The van der Waals surface area contributed by atoms with Crippen molar-refractivity contribution in [2.24, 2.45) is 0 Å². The zero-order valence-electron chi connectivity index (χ0n) is 19.1. The minimum absolute atomic E-state index is 0.0685. The first kappa shape index (κ1) is 25.4. The summed E-state index contributed by atoms with van der Waals surface area (Å²) in [7, 11) is 0. The molecule has 8 heteroatoms. The predicted octanol–water partition coefficient (Wildman–Crippen LogP) is 5.54. The fraction of sp³-hybridized carbons (Fsp3) is 0.185. The summed E-state index contributed by atoms with van der Waals surface area (Å²) in [6, 6.07) is 17.0. The minimum Gasteiger partial charge on any atom is -0.489 e. The largest absolute Gasteiger partial charge is 0.489 e. The number of nitriles is 2. The second-order valence-electron chi connectivity index (χ2n) is 7.41. The maximum Gasteiger partial charge on any atom is 0.348 e. The second-order valence-corrected chi connectivity index (χ2v) is 8.51. The fourth-order valence-corrected chi connectivity index (χ4v) is 4.40. The lowest BCUT2D eigenvalue weighted by Gasteiger charge is -2.07. The van der Waals surface area contributed by atoms with Gasteiger partial charge in [0, 0.05) is 16.9 Å². The van der Waals surface area contributed by atoms with Gasteiger partial charge in [0.05, 0.1) is 17.7 Å². The molecule has 35 heavy (non-hydrogen) atoms. The molecule has 0 saturated carbocycles. The molecule has 0 atom stereocenters. The first-order chi connectivity index (χ1) is 16.9. The topological polar surface area (TPSA) is 100 Å². The summed E-state index contributed by atoms with van der Waals surface area (Å²) in [6.45, 7) is 3.58. The van der Waals surface area contributed by atoms with E-state index in [2.05, 4.69) is 0 Å². The smallest absolute Gasteiger partial charge is 0.348 e. The van der Waals surface area contributed by atoms with E-state index in [4.69, 9.17) is 9.47 Å². The number of Topliss-reactive ketones (excluding diaryl/α,β-unsaturated/α-hetero) is 1. The molecule has 0 saturated heterocycles. The van der Waals surface area contributed by atoms with Crippen molar-refractivity contribution in [3.05, 3.63) is 91.9 Å². The van der Waals surface area contributed by atoms with Gasteiger partial charge in [-0.15, -0.1) is 11.3 Å². The Morgan fingerprint density at radius 1 is 1.11 bits per heavy atom. The molecule has 0 N–H and O–H groups in total. The Morgan fingerprint density at radius 2 is 1.83 bits per heavy atom. The van der Waals surface area contributed by atoms with Gasteiger partial charge in [-0.05, 0) is 49.2 Å². The quantitative estimate of drug-likeness (QED) is 0.223. The fourth-order valence-electron chi connectivity index (χ4n) is 3.26. The Balaban J connectivity index is 1.73. The molecule has 0 aliphatic carbocycles. The van der Waals surface area contributed by atoms with Crippen molar-refractivity contribution in [2.45, 2.75) is 26.9 Å². The number of carbonyl (C=O) groups excluding carboxylic acids is 2. The van der Waals surface area contributed by atoms with Crippen LogP contribution in [0.5, 0.6) is 5.75 Å². The molecule has 0 fully saturated rings. The number of ketones is 1. The van der Waals surface area contributed by atoms with E-state index in [9.17, 15) is 24.5 Å². The zero-order valence-corrected chi connectivity index (χ0v) is 19.9. The van der Waals surface area contributed by atoms with Crippen molar-refractivity contribution in [3.8, 4) is 17.9 Å². The van der Waals surface area contributed by atoms with Crippen molar-refractivity contribution < 1.29 is 23.5 Å². The Bertz CT molecular complexity index is 1360. The van der Waals surface area contributed by atoms with Gasteiger partial charge in [-0.1, -0.05) is 30.3 Å². The lowest BCUT2D eigenvalue weighted by molar-refractivity contribution is -0.114. The average Bonchev–Trinajstić information content (AvgIpc) is 3.17. The molecule has 0 spiro atoms. The summed E-state index contributed by atoms with van der Waals surface area (Å²) in [5.74, 6) is -0.854. The Morgan fingerprint density at radius 3 is 2.46 bits per heavy atom. The lowest BCUT2D eigenvalue weighted by Crippen LogP contribution is -2.05. The number of allylic oxidation sites excluding steroid dienone is 1. The molecule has 6 nitrogen and oxygen atoms in total. The van der Waals surface area contributed by atoms with Crippen LogP contribution >= 0.6 is 11.3 Å². The van der Waals surface area contributed by atoms with Crippen LogP contribution in [0.1, 0.15) is 43.7 Å². The second kappa shape index (κ2) is 11.7. The van der Waals surface area contributed by atoms with Crippen molar-refractivity contribution in [2.75, 3.05) is 6.61 Å². The number of carbonyl (C=O) groups is 2. The van der Waals surface area contributed by atoms with Gasteiger partial charge in [-0.3, -0.25) is 4.79 Å². The summed E-state index contributed by atoms with van der Waals surface area (Å²) in [4.78, 5) is 25.6. The van der Waals surface area contributed by atoms with E-state index in [1.165, 1.54) is 12.1 Å². The third-order valence-electron chi connectivity index (χ3n) is 5.08. The van der Waals surface area contributed by atoms with Gasteiger partial charge in [-0.2, -0.15) is 10.5 Å². The average molecular weight is 489 g/mol.